The second kappa shape index (κ2) is 7.82. The lowest BCUT2D eigenvalue weighted by molar-refractivity contribution is -0.274. The molecule has 6 rings (SSSR count). The number of alkyl halides is 3. The summed E-state index contributed by atoms with van der Waals surface area (Å²) in [7, 11) is 0. The van der Waals surface area contributed by atoms with E-state index in [2.05, 4.69) is 14.7 Å². The van der Waals surface area contributed by atoms with Crippen LogP contribution in [0.3, 0.4) is 0 Å². The van der Waals surface area contributed by atoms with E-state index in [4.69, 9.17) is 10.5 Å². The maximum Gasteiger partial charge on any atom is 0.573 e. The normalized spacial score (nSPS) is 21.6. The average Bonchev–Trinajstić information content (AvgIpc) is 3.37. The Morgan fingerprint density at radius 3 is 2.78 bits per heavy atom. The summed E-state index contributed by atoms with van der Waals surface area (Å²) in [4.78, 5) is 24.4. The van der Waals surface area contributed by atoms with Crippen molar-refractivity contribution in [1.29, 1.82) is 0 Å². The van der Waals surface area contributed by atoms with Gasteiger partial charge in [-0.25, -0.2) is 9.97 Å². The van der Waals surface area contributed by atoms with Crippen LogP contribution in [0.25, 0.3) is 16.6 Å². The molecular formula is C25H22F3N5O3. The molecule has 0 saturated carbocycles. The third kappa shape index (κ3) is 3.62. The minimum atomic E-state index is -4.78. The van der Waals surface area contributed by atoms with Crippen LogP contribution in [-0.4, -0.2) is 50.3 Å². The van der Waals surface area contributed by atoms with E-state index in [1.807, 2.05) is 18.2 Å². The Morgan fingerprint density at radius 1 is 1.19 bits per heavy atom. The number of imidazole rings is 1. The summed E-state index contributed by atoms with van der Waals surface area (Å²) in [6, 6.07) is 9.06. The van der Waals surface area contributed by atoms with Crippen LogP contribution in [0.4, 0.5) is 19.0 Å². The fourth-order valence-corrected chi connectivity index (χ4v) is 5.42. The van der Waals surface area contributed by atoms with Gasteiger partial charge < -0.3 is 20.1 Å². The first-order valence-corrected chi connectivity index (χ1v) is 11.5. The number of morpholine rings is 1. The molecule has 2 aliphatic rings. The first kappa shape index (κ1) is 22.6. The van der Waals surface area contributed by atoms with Crippen LogP contribution in [0.15, 0.2) is 42.6 Å². The van der Waals surface area contributed by atoms with Crippen molar-refractivity contribution in [2.75, 3.05) is 12.3 Å². The van der Waals surface area contributed by atoms with E-state index >= 15 is 0 Å². The van der Waals surface area contributed by atoms with Crippen LogP contribution in [0.5, 0.6) is 5.75 Å². The Hall–Kier alpha value is -3.86. The molecule has 0 radical (unpaired) electrons. The minimum absolute atomic E-state index is 0.201. The molecule has 2 N–H and O–H groups in total. The number of nitrogens with zero attached hydrogens (tertiary/aromatic N) is 4. The number of amides is 1. The van der Waals surface area contributed by atoms with Crippen molar-refractivity contribution in [2.45, 2.75) is 44.9 Å². The molecule has 1 aliphatic carbocycles. The summed E-state index contributed by atoms with van der Waals surface area (Å²) in [5, 5.41) is 0. The maximum atomic E-state index is 13.8. The molecule has 1 amide bonds. The zero-order valence-corrected chi connectivity index (χ0v) is 19.4. The second-order valence-electron chi connectivity index (χ2n) is 9.23. The lowest BCUT2D eigenvalue weighted by Gasteiger charge is -2.41. The van der Waals surface area contributed by atoms with E-state index in [-0.39, 0.29) is 23.9 Å². The summed E-state index contributed by atoms with van der Waals surface area (Å²) in [6.45, 7) is 4.07. The van der Waals surface area contributed by atoms with Gasteiger partial charge in [0.1, 0.15) is 22.9 Å². The van der Waals surface area contributed by atoms with Gasteiger partial charge in [-0.15, -0.1) is 13.2 Å². The van der Waals surface area contributed by atoms with E-state index in [0.29, 0.717) is 46.5 Å². The first-order chi connectivity index (χ1) is 17.1. The highest BCUT2D eigenvalue weighted by Gasteiger charge is 2.44. The Labute approximate surface area is 203 Å². The Morgan fingerprint density at radius 2 is 2.00 bits per heavy atom. The monoisotopic (exact) mass is 497 g/mol. The zero-order chi connectivity index (χ0) is 25.4. The minimum Gasteiger partial charge on any atom is -0.406 e. The molecule has 2 aromatic carbocycles. The summed E-state index contributed by atoms with van der Waals surface area (Å²) >= 11 is 0. The molecule has 11 heteroatoms. The van der Waals surface area contributed by atoms with Crippen LogP contribution >= 0.6 is 0 Å². The Kier molecular flexibility index (Phi) is 4.91. The fourth-order valence-electron chi connectivity index (χ4n) is 5.42. The predicted molar refractivity (Wildman–Crippen MR) is 125 cm³/mol. The van der Waals surface area contributed by atoms with E-state index < -0.39 is 12.4 Å². The first-order valence-electron chi connectivity index (χ1n) is 11.5. The van der Waals surface area contributed by atoms with Gasteiger partial charge in [0.15, 0.2) is 0 Å². The molecule has 3 atom stereocenters. The van der Waals surface area contributed by atoms with Gasteiger partial charge in [-0.2, -0.15) is 0 Å². The van der Waals surface area contributed by atoms with Crippen molar-refractivity contribution in [1.82, 2.24) is 19.3 Å². The van der Waals surface area contributed by atoms with E-state index in [1.54, 1.807) is 35.4 Å². The molecule has 2 aromatic heterocycles. The lowest BCUT2D eigenvalue weighted by atomic mass is 10.0. The van der Waals surface area contributed by atoms with Gasteiger partial charge in [0, 0.05) is 18.5 Å². The highest BCUT2D eigenvalue weighted by molar-refractivity contribution is 5.98. The average molecular weight is 497 g/mol. The molecule has 1 saturated heterocycles. The standard InChI is InChI=1S/C25H22F3N5O3/c1-12-11-32(22-17-5-4-16(36-25(26,27)28)7-15(17)9-21(22)35-12)24(34)14-3-6-18-19(8-14)33-13(2)30-10-20(33)23(29)31-18/h3-8,10,12,21-22H,9,11H2,1-2H3,(H2,29,31)/t12-,21-,22+/m1/s1. The molecular weight excluding hydrogens is 475 g/mol. The van der Waals surface area contributed by atoms with Crippen molar-refractivity contribution in [3.8, 4) is 5.75 Å². The van der Waals surface area contributed by atoms with Gasteiger partial charge in [0.2, 0.25) is 0 Å². The summed E-state index contributed by atoms with van der Waals surface area (Å²) in [6.07, 6.45) is -3.34. The molecule has 1 fully saturated rings. The van der Waals surface area contributed by atoms with Crippen LogP contribution in [0.1, 0.15) is 40.3 Å². The third-order valence-electron chi connectivity index (χ3n) is 6.80. The van der Waals surface area contributed by atoms with Crippen molar-refractivity contribution in [2.24, 2.45) is 0 Å². The number of carbonyl (C=O) groups is 1. The number of nitrogens with two attached hydrogens (primary N) is 1. The highest BCUT2D eigenvalue weighted by Crippen LogP contribution is 2.43. The molecule has 186 valence electrons. The molecule has 1 aliphatic heterocycles. The Bertz CT molecular complexity index is 1530. The maximum absolute atomic E-state index is 13.8. The van der Waals surface area contributed by atoms with Gasteiger partial charge >= 0.3 is 6.36 Å². The number of benzene rings is 2. The smallest absolute Gasteiger partial charge is 0.406 e. The molecule has 8 nitrogen and oxygen atoms in total. The summed E-state index contributed by atoms with van der Waals surface area (Å²) in [5.74, 6) is 0.582. The largest absolute Gasteiger partial charge is 0.573 e. The van der Waals surface area contributed by atoms with Crippen LogP contribution in [0.2, 0.25) is 0 Å². The van der Waals surface area contributed by atoms with Crippen molar-refractivity contribution in [3.63, 3.8) is 0 Å². The number of anilines is 1. The molecule has 0 spiro atoms. The summed E-state index contributed by atoms with van der Waals surface area (Å²) in [5.41, 5.74) is 9.98. The van der Waals surface area contributed by atoms with Gasteiger partial charge in [-0.1, -0.05) is 6.07 Å². The van der Waals surface area contributed by atoms with E-state index in [0.717, 1.165) is 11.4 Å². The number of hydrogen-bond acceptors (Lipinski definition) is 6. The van der Waals surface area contributed by atoms with E-state index in [9.17, 15) is 18.0 Å². The van der Waals surface area contributed by atoms with Crippen LogP contribution < -0.4 is 10.5 Å². The number of halogens is 3. The number of fused-ring (bicyclic) bond motifs is 6. The van der Waals surface area contributed by atoms with Gasteiger partial charge in [0.05, 0.1) is 35.5 Å². The number of aromatic nitrogens is 3. The fraction of sp³-hybridized carbons (Fsp3) is 0.320. The number of hydrogen-bond donors (Lipinski definition) is 1. The van der Waals surface area contributed by atoms with Crippen LogP contribution in [-0.2, 0) is 11.2 Å². The van der Waals surface area contributed by atoms with Gasteiger partial charge in [-0.05, 0) is 55.3 Å². The third-order valence-corrected chi connectivity index (χ3v) is 6.80. The quantitative estimate of drug-likeness (QED) is 0.446. The van der Waals surface area contributed by atoms with Gasteiger partial charge in [-0.3, -0.25) is 9.20 Å². The number of aryl methyl sites for hydroxylation is 1. The van der Waals surface area contributed by atoms with Crippen LogP contribution in [0, 0.1) is 6.92 Å². The zero-order valence-electron chi connectivity index (χ0n) is 19.4. The Balaban J connectivity index is 1.39. The highest BCUT2D eigenvalue weighted by atomic mass is 19.4. The number of rotatable bonds is 2. The number of carbonyl (C=O) groups excluding carboxylic acids is 1. The summed E-state index contributed by atoms with van der Waals surface area (Å²) < 4.78 is 50.2. The second-order valence-corrected chi connectivity index (χ2v) is 9.23. The van der Waals surface area contributed by atoms with Crippen molar-refractivity contribution in [3.05, 3.63) is 65.1 Å². The topological polar surface area (TPSA) is 95.0 Å². The van der Waals surface area contributed by atoms with Crippen molar-refractivity contribution < 1.29 is 27.4 Å². The predicted octanol–water partition coefficient (Wildman–Crippen LogP) is 4.20. The molecule has 36 heavy (non-hydrogen) atoms. The van der Waals surface area contributed by atoms with Crippen molar-refractivity contribution >= 4 is 28.3 Å². The number of ether oxygens (including phenoxy) is 2. The molecule has 0 unspecified atom stereocenters. The molecule has 3 heterocycles. The molecule has 0 bridgehead atoms. The molecule has 4 aromatic rings. The SMILES string of the molecule is Cc1ncc2c(N)nc3ccc(C(=O)N4C[C@@H](C)O[C@@H]5Cc6cc(OC(F)(F)F)ccc6[C@@H]54)cc3n12. The lowest BCUT2D eigenvalue weighted by Crippen LogP contribution is -2.50. The van der Waals surface area contributed by atoms with E-state index in [1.165, 1.54) is 12.1 Å². The van der Waals surface area contributed by atoms with Gasteiger partial charge in [0.25, 0.3) is 5.91 Å². The number of nitrogen functional groups attached to an aromatic ring is 1.